The lowest BCUT2D eigenvalue weighted by Crippen LogP contribution is -2.33. The number of amides is 2. The Balaban J connectivity index is 1.66. The van der Waals surface area contributed by atoms with Gasteiger partial charge in [0.15, 0.2) is 0 Å². The van der Waals surface area contributed by atoms with Gasteiger partial charge in [-0.3, -0.25) is 14.5 Å². The number of likely N-dealkylation sites (tertiary alicyclic amines) is 1. The summed E-state index contributed by atoms with van der Waals surface area (Å²) in [5.41, 5.74) is 2.28. The maximum atomic E-state index is 12.6. The number of carbonyl (C=O) groups is 2. The van der Waals surface area contributed by atoms with E-state index in [-0.39, 0.29) is 24.4 Å². The number of hydrogen-bond acceptors (Lipinski definition) is 5. The van der Waals surface area contributed by atoms with Crippen molar-refractivity contribution in [3.8, 4) is 11.5 Å². The van der Waals surface area contributed by atoms with E-state index in [1.807, 2.05) is 18.2 Å². The number of nitrogens with zero attached hydrogens (tertiary/aromatic N) is 1. The summed E-state index contributed by atoms with van der Waals surface area (Å²) in [5, 5.41) is 5.48. The van der Waals surface area contributed by atoms with Crippen molar-refractivity contribution in [2.24, 2.45) is 0 Å². The summed E-state index contributed by atoms with van der Waals surface area (Å²) in [6.07, 6.45) is 1.99. The van der Waals surface area contributed by atoms with E-state index < -0.39 is 0 Å². The molecule has 0 aromatic heterocycles. The number of rotatable bonds is 7. The lowest BCUT2D eigenvalue weighted by atomic mass is 10.0. The normalized spacial score (nSPS) is 16.3. The molecule has 0 bridgehead atoms. The Bertz CT molecular complexity index is 867. The van der Waals surface area contributed by atoms with Gasteiger partial charge in [-0.25, -0.2) is 0 Å². The van der Waals surface area contributed by atoms with Crippen LogP contribution in [0.4, 0.5) is 5.69 Å². The number of ether oxygens (including phenoxy) is 2. The highest BCUT2D eigenvalue weighted by atomic mass is 16.5. The first-order valence-corrected chi connectivity index (χ1v) is 9.63. The number of hydrogen-bond donors (Lipinski definition) is 2. The highest BCUT2D eigenvalue weighted by Crippen LogP contribution is 2.38. The minimum atomic E-state index is -0.156. The molecule has 2 amide bonds. The molecule has 2 aromatic rings. The van der Waals surface area contributed by atoms with Crippen molar-refractivity contribution in [1.82, 2.24) is 10.2 Å². The van der Waals surface area contributed by atoms with Crippen LogP contribution in [0.15, 0.2) is 42.5 Å². The van der Waals surface area contributed by atoms with Gasteiger partial charge in [0.05, 0.1) is 20.8 Å². The van der Waals surface area contributed by atoms with Gasteiger partial charge in [-0.15, -0.1) is 0 Å². The van der Waals surface area contributed by atoms with E-state index in [0.717, 1.165) is 36.4 Å². The fraction of sp³-hybridized carbons (Fsp3) is 0.364. The van der Waals surface area contributed by atoms with Crippen LogP contribution in [0.2, 0.25) is 0 Å². The minimum Gasteiger partial charge on any atom is -0.497 e. The molecule has 1 aliphatic heterocycles. The highest BCUT2D eigenvalue weighted by Gasteiger charge is 2.29. The molecular formula is C22H27N3O4. The van der Waals surface area contributed by atoms with Crippen LogP contribution >= 0.6 is 0 Å². The van der Waals surface area contributed by atoms with Crippen LogP contribution in [-0.2, 0) is 4.79 Å². The molecule has 0 unspecified atom stereocenters. The lowest BCUT2D eigenvalue weighted by Gasteiger charge is -2.26. The first-order chi connectivity index (χ1) is 14.0. The van der Waals surface area contributed by atoms with Gasteiger partial charge in [0.25, 0.3) is 5.91 Å². The molecule has 1 aliphatic rings. The quantitative estimate of drug-likeness (QED) is 0.751. The monoisotopic (exact) mass is 397 g/mol. The number of anilines is 1. The van der Waals surface area contributed by atoms with Gasteiger partial charge in [-0.2, -0.15) is 0 Å². The zero-order chi connectivity index (χ0) is 20.8. The number of methoxy groups -OCH3 is 2. The van der Waals surface area contributed by atoms with Gasteiger partial charge in [-0.05, 0) is 49.7 Å². The SMILES string of the molecule is CNC(=O)c1ccc(NC(=O)CN2CCC[C@@H]2c2ccc(OC)cc2OC)cc1. The second-order valence-corrected chi connectivity index (χ2v) is 6.94. The van der Waals surface area contributed by atoms with Crippen LogP contribution in [0.3, 0.4) is 0 Å². The first kappa shape index (κ1) is 20.7. The molecule has 1 fully saturated rings. The first-order valence-electron chi connectivity index (χ1n) is 9.63. The Morgan fingerprint density at radius 3 is 2.52 bits per heavy atom. The van der Waals surface area contributed by atoms with Gasteiger partial charge in [0, 0.05) is 36.0 Å². The van der Waals surface area contributed by atoms with E-state index in [4.69, 9.17) is 9.47 Å². The second-order valence-electron chi connectivity index (χ2n) is 6.94. The summed E-state index contributed by atoms with van der Waals surface area (Å²) in [4.78, 5) is 26.4. The zero-order valence-electron chi connectivity index (χ0n) is 17.0. The molecule has 7 heteroatoms. The van der Waals surface area contributed by atoms with Crippen molar-refractivity contribution in [2.45, 2.75) is 18.9 Å². The van der Waals surface area contributed by atoms with Gasteiger partial charge in [-0.1, -0.05) is 6.07 Å². The third-order valence-electron chi connectivity index (χ3n) is 5.17. The van der Waals surface area contributed by atoms with E-state index >= 15 is 0 Å². The smallest absolute Gasteiger partial charge is 0.251 e. The van der Waals surface area contributed by atoms with E-state index in [2.05, 4.69) is 15.5 Å². The molecule has 7 nitrogen and oxygen atoms in total. The fourth-order valence-electron chi connectivity index (χ4n) is 3.70. The molecule has 2 N–H and O–H groups in total. The van der Waals surface area contributed by atoms with Gasteiger partial charge in [0.1, 0.15) is 11.5 Å². The zero-order valence-corrected chi connectivity index (χ0v) is 17.0. The van der Waals surface area contributed by atoms with E-state index in [9.17, 15) is 9.59 Å². The van der Waals surface area contributed by atoms with Gasteiger partial charge in [0.2, 0.25) is 5.91 Å². The minimum absolute atomic E-state index is 0.0860. The van der Waals surface area contributed by atoms with Crippen LogP contribution in [0, 0.1) is 0 Å². The summed E-state index contributed by atoms with van der Waals surface area (Å²) in [7, 11) is 4.86. The van der Waals surface area contributed by atoms with Crippen molar-refractivity contribution >= 4 is 17.5 Å². The molecule has 154 valence electrons. The molecular weight excluding hydrogens is 370 g/mol. The molecule has 0 radical (unpaired) electrons. The Kier molecular flexibility index (Phi) is 6.72. The predicted molar refractivity (Wildman–Crippen MR) is 112 cm³/mol. The van der Waals surface area contributed by atoms with Crippen LogP contribution in [0.5, 0.6) is 11.5 Å². The molecule has 0 saturated carbocycles. The predicted octanol–water partition coefficient (Wildman–Crippen LogP) is 2.84. The van der Waals surface area contributed by atoms with Crippen molar-refractivity contribution in [3.63, 3.8) is 0 Å². The van der Waals surface area contributed by atoms with Crippen LogP contribution in [0.1, 0.15) is 34.8 Å². The van der Waals surface area contributed by atoms with E-state index in [1.54, 1.807) is 45.5 Å². The third-order valence-corrected chi connectivity index (χ3v) is 5.17. The van der Waals surface area contributed by atoms with Crippen molar-refractivity contribution < 1.29 is 19.1 Å². The van der Waals surface area contributed by atoms with E-state index in [0.29, 0.717) is 11.3 Å². The van der Waals surface area contributed by atoms with Crippen molar-refractivity contribution in [2.75, 3.05) is 39.7 Å². The Hall–Kier alpha value is -3.06. The fourth-order valence-corrected chi connectivity index (χ4v) is 3.70. The number of carbonyl (C=O) groups excluding carboxylic acids is 2. The molecule has 1 heterocycles. The summed E-state index contributed by atoms with van der Waals surface area (Å²) in [5.74, 6) is 1.27. The summed E-state index contributed by atoms with van der Waals surface area (Å²) >= 11 is 0. The van der Waals surface area contributed by atoms with Gasteiger partial charge < -0.3 is 20.1 Å². The topological polar surface area (TPSA) is 79.9 Å². The van der Waals surface area contributed by atoms with Crippen LogP contribution in [0.25, 0.3) is 0 Å². The second kappa shape index (κ2) is 9.43. The standard InChI is InChI=1S/C22H27N3O4/c1-23-22(27)15-6-8-16(9-7-15)24-21(26)14-25-12-4-5-19(25)18-11-10-17(28-2)13-20(18)29-3/h6-11,13,19H,4-5,12,14H2,1-3H3,(H,23,27)(H,24,26)/t19-/m1/s1. The maximum Gasteiger partial charge on any atom is 0.251 e. The largest absolute Gasteiger partial charge is 0.497 e. The highest BCUT2D eigenvalue weighted by molar-refractivity contribution is 5.96. The van der Waals surface area contributed by atoms with Crippen molar-refractivity contribution in [1.29, 1.82) is 0 Å². The number of benzene rings is 2. The molecule has 2 aromatic carbocycles. The average Bonchev–Trinajstić information content (AvgIpc) is 3.20. The summed E-state index contributed by atoms with van der Waals surface area (Å²) < 4.78 is 10.8. The van der Waals surface area contributed by atoms with Gasteiger partial charge >= 0.3 is 0 Å². The van der Waals surface area contributed by atoms with Crippen LogP contribution in [-0.4, -0.2) is 51.1 Å². The molecule has 0 spiro atoms. The maximum absolute atomic E-state index is 12.6. The summed E-state index contributed by atoms with van der Waals surface area (Å²) in [6.45, 7) is 1.14. The average molecular weight is 397 g/mol. The molecule has 1 saturated heterocycles. The Morgan fingerprint density at radius 1 is 1.10 bits per heavy atom. The molecule has 0 aliphatic carbocycles. The van der Waals surface area contributed by atoms with E-state index in [1.165, 1.54) is 0 Å². The number of nitrogens with one attached hydrogen (secondary N) is 2. The molecule has 1 atom stereocenters. The molecule has 3 rings (SSSR count). The van der Waals surface area contributed by atoms with Crippen LogP contribution < -0.4 is 20.1 Å². The lowest BCUT2D eigenvalue weighted by molar-refractivity contribution is -0.117. The molecule has 29 heavy (non-hydrogen) atoms. The third kappa shape index (κ3) is 4.86. The summed E-state index contributed by atoms with van der Waals surface area (Å²) in [6, 6.07) is 12.8. The Morgan fingerprint density at radius 2 is 1.86 bits per heavy atom. The van der Waals surface area contributed by atoms with Crippen molar-refractivity contribution in [3.05, 3.63) is 53.6 Å². The Labute approximate surface area is 171 Å².